The zero-order chi connectivity index (χ0) is 17.8. The van der Waals surface area contributed by atoms with Crippen LogP contribution in [0.1, 0.15) is 24.3 Å². The largest absolute Gasteiger partial charge is 0.497 e. The van der Waals surface area contributed by atoms with Gasteiger partial charge in [-0.15, -0.1) is 0 Å². The number of hydrogen-bond donors (Lipinski definition) is 1. The Morgan fingerprint density at radius 2 is 1.88 bits per heavy atom. The first-order valence-electron chi connectivity index (χ1n) is 8.83. The van der Waals surface area contributed by atoms with E-state index in [2.05, 4.69) is 5.32 Å². The summed E-state index contributed by atoms with van der Waals surface area (Å²) in [5.74, 6) is 0.930. The third-order valence-electron chi connectivity index (χ3n) is 5.04. The Bertz CT molecular complexity index is 612. The van der Waals surface area contributed by atoms with E-state index in [1.165, 1.54) is 0 Å². The Morgan fingerprint density at radius 1 is 1.16 bits per heavy atom. The quantitative estimate of drug-likeness (QED) is 0.758. The summed E-state index contributed by atoms with van der Waals surface area (Å²) < 4.78 is 10.2. The van der Waals surface area contributed by atoms with Gasteiger partial charge in [0.25, 0.3) is 0 Å². The van der Waals surface area contributed by atoms with E-state index in [0.717, 1.165) is 24.2 Å². The summed E-state index contributed by atoms with van der Waals surface area (Å²) in [5, 5.41) is 2.93. The van der Waals surface area contributed by atoms with Crippen LogP contribution in [0.3, 0.4) is 0 Å². The van der Waals surface area contributed by atoms with Crippen molar-refractivity contribution >= 4 is 11.8 Å². The molecular weight excluding hydrogens is 320 g/mol. The summed E-state index contributed by atoms with van der Waals surface area (Å²) in [5.41, 5.74) is 1.07. The lowest BCUT2D eigenvalue weighted by atomic mass is 9.88. The number of rotatable bonds is 7. The minimum Gasteiger partial charge on any atom is -0.497 e. The second-order valence-electron chi connectivity index (χ2n) is 6.79. The SMILES string of the molecule is COCCNC(=O)[C@H]1CN(C(=O)C2CC2)C[C@@H]1c1ccc(OC)cc1. The van der Waals surface area contributed by atoms with Crippen molar-refractivity contribution < 1.29 is 19.1 Å². The summed E-state index contributed by atoms with van der Waals surface area (Å²) in [6.07, 6.45) is 1.96. The summed E-state index contributed by atoms with van der Waals surface area (Å²) >= 11 is 0. The highest BCUT2D eigenvalue weighted by Gasteiger charge is 2.43. The summed E-state index contributed by atoms with van der Waals surface area (Å²) in [7, 11) is 3.24. The minimum absolute atomic E-state index is 0.0102. The molecule has 2 atom stereocenters. The van der Waals surface area contributed by atoms with Crippen LogP contribution in [0.4, 0.5) is 0 Å². The molecule has 1 aliphatic carbocycles. The maximum absolute atomic E-state index is 12.7. The smallest absolute Gasteiger partial charge is 0.225 e. The second kappa shape index (κ2) is 7.87. The third-order valence-corrected chi connectivity index (χ3v) is 5.04. The van der Waals surface area contributed by atoms with Gasteiger partial charge in [-0.2, -0.15) is 0 Å². The molecule has 6 heteroatoms. The van der Waals surface area contributed by atoms with Crippen LogP contribution in [0.15, 0.2) is 24.3 Å². The topological polar surface area (TPSA) is 67.9 Å². The molecule has 1 heterocycles. The molecule has 0 unspecified atom stereocenters. The Morgan fingerprint density at radius 3 is 2.48 bits per heavy atom. The molecule has 2 aliphatic rings. The van der Waals surface area contributed by atoms with Crippen molar-refractivity contribution in [1.29, 1.82) is 0 Å². The van der Waals surface area contributed by atoms with E-state index in [0.29, 0.717) is 26.2 Å². The molecule has 1 aromatic carbocycles. The third kappa shape index (κ3) is 4.12. The van der Waals surface area contributed by atoms with Gasteiger partial charge >= 0.3 is 0 Å². The minimum atomic E-state index is -0.229. The Kier molecular flexibility index (Phi) is 5.58. The zero-order valence-corrected chi connectivity index (χ0v) is 14.9. The molecule has 1 aliphatic heterocycles. The van der Waals surface area contributed by atoms with Gasteiger partial charge in [0.05, 0.1) is 19.6 Å². The van der Waals surface area contributed by atoms with Crippen LogP contribution in [0.25, 0.3) is 0 Å². The molecule has 6 nitrogen and oxygen atoms in total. The summed E-state index contributed by atoms with van der Waals surface area (Å²) in [6, 6.07) is 7.79. The van der Waals surface area contributed by atoms with Gasteiger partial charge in [-0.3, -0.25) is 9.59 Å². The normalized spacial score (nSPS) is 22.7. The van der Waals surface area contributed by atoms with Crippen molar-refractivity contribution in [2.24, 2.45) is 11.8 Å². The average Bonchev–Trinajstić information content (AvgIpc) is 3.39. The predicted octanol–water partition coefficient (Wildman–Crippen LogP) is 1.41. The van der Waals surface area contributed by atoms with Crippen molar-refractivity contribution in [2.45, 2.75) is 18.8 Å². The Hall–Kier alpha value is -2.08. The number of carbonyl (C=O) groups excluding carboxylic acids is 2. The van der Waals surface area contributed by atoms with Gasteiger partial charge < -0.3 is 19.7 Å². The van der Waals surface area contributed by atoms with E-state index in [1.807, 2.05) is 29.2 Å². The molecule has 2 fully saturated rings. The maximum atomic E-state index is 12.7. The molecule has 1 saturated carbocycles. The van der Waals surface area contributed by atoms with E-state index in [1.54, 1.807) is 14.2 Å². The number of ether oxygens (including phenoxy) is 2. The fraction of sp³-hybridized carbons (Fsp3) is 0.579. The number of amides is 2. The molecule has 0 spiro atoms. The van der Waals surface area contributed by atoms with Gasteiger partial charge in [0, 0.05) is 38.6 Å². The van der Waals surface area contributed by atoms with Crippen LogP contribution in [-0.4, -0.2) is 57.2 Å². The summed E-state index contributed by atoms with van der Waals surface area (Å²) in [6.45, 7) is 2.06. The molecule has 3 rings (SSSR count). The summed E-state index contributed by atoms with van der Waals surface area (Å²) in [4.78, 5) is 27.0. The highest BCUT2D eigenvalue weighted by molar-refractivity contribution is 5.85. The molecule has 0 aromatic heterocycles. The standard InChI is InChI=1S/C19H26N2O4/c1-24-10-9-20-18(22)17-12-21(19(23)14-3-4-14)11-16(17)13-5-7-15(25-2)8-6-13/h5-8,14,16-17H,3-4,9-12H2,1-2H3,(H,20,22)/t16-,17+/m1/s1. The number of benzene rings is 1. The van der Waals surface area contributed by atoms with Crippen LogP contribution >= 0.6 is 0 Å². The maximum Gasteiger partial charge on any atom is 0.225 e. The number of methoxy groups -OCH3 is 2. The lowest BCUT2D eigenvalue weighted by molar-refractivity contribution is -0.132. The molecule has 2 amide bonds. The van der Waals surface area contributed by atoms with Gasteiger partial charge in [-0.05, 0) is 30.5 Å². The first-order valence-corrected chi connectivity index (χ1v) is 8.83. The van der Waals surface area contributed by atoms with E-state index in [-0.39, 0.29) is 29.6 Å². The van der Waals surface area contributed by atoms with E-state index in [9.17, 15) is 9.59 Å². The van der Waals surface area contributed by atoms with Crippen molar-refractivity contribution in [1.82, 2.24) is 10.2 Å². The van der Waals surface area contributed by atoms with Crippen molar-refractivity contribution in [3.05, 3.63) is 29.8 Å². The van der Waals surface area contributed by atoms with Crippen LogP contribution in [0.5, 0.6) is 5.75 Å². The lowest BCUT2D eigenvalue weighted by Gasteiger charge is -2.18. The Labute approximate surface area is 148 Å². The van der Waals surface area contributed by atoms with E-state index < -0.39 is 0 Å². The fourth-order valence-corrected chi connectivity index (χ4v) is 3.43. The number of nitrogens with one attached hydrogen (secondary N) is 1. The van der Waals surface area contributed by atoms with E-state index in [4.69, 9.17) is 9.47 Å². The first kappa shape index (κ1) is 17.7. The fourth-order valence-electron chi connectivity index (χ4n) is 3.43. The molecular formula is C19H26N2O4. The predicted molar refractivity (Wildman–Crippen MR) is 93.4 cm³/mol. The average molecular weight is 346 g/mol. The van der Waals surface area contributed by atoms with Crippen LogP contribution in [-0.2, 0) is 14.3 Å². The molecule has 25 heavy (non-hydrogen) atoms. The highest BCUT2D eigenvalue weighted by atomic mass is 16.5. The molecule has 0 bridgehead atoms. The van der Waals surface area contributed by atoms with Gasteiger partial charge in [-0.25, -0.2) is 0 Å². The van der Waals surface area contributed by atoms with Gasteiger partial charge in [0.15, 0.2) is 0 Å². The first-order chi connectivity index (χ1) is 12.1. The van der Waals surface area contributed by atoms with Crippen LogP contribution < -0.4 is 10.1 Å². The second-order valence-corrected chi connectivity index (χ2v) is 6.79. The lowest BCUT2D eigenvalue weighted by Crippen LogP contribution is -2.37. The van der Waals surface area contributed by atoms with E-state index >= 15 is 0 Å². The molecule has 1 saturated heterocycles. The Balaban J connectivity index is 1.74. The van der Waals surface area contributed by atoms with Gasteiger partial charge in [0.1, 0.15) is 5.75 Å². The molecule has 136 valence electrons. The zero-order valence-electron chi connectivity index (χ0n) is 14.9. The van der Waals surface area contributed by atoms with Gasteiger partial charge in [-0.1, -0.05) is 12.1 Å². The van der Waals surface area contributed by atoms with Crippen LogP contribution in [0.2, 0.25) is 0 Å². The number of likely N-dealkylation sites (tertiary alicyclic amines) is 1. The molecule has 1 N–H and O–H groups in total. The molecule has 1 aromatic rings. The number of hydrogen-bond acceptors (Lipinski definition) is 4. The highest BCUT2D eigenvalue weighted by Crippen LogP contribution is 2.38. The van der Waals surface area contributed by atoms with Crippen molar-refractivity contribution in [3.63, 3.8) is 0 Å². The van der Waals surface area contributed by atoms with Gasteiger partial charge in [0.2, 0.25) is 11.8 Å². The molecule has 0 radical (unpaired) electrons. The van der Waals surface area contributed by atoms with Crippen molar-refractivity contribution in [2.75, 3.05) is 40.5 Å². The number of carbonyl (C=O) groups is 2. The number of nitrogens with zero attached hydrogens (tertiary/aromatic N) is 1. The van der Waals surface area contributed by atoms with Crippen LogP contribution in [0, 0.1) is 11.8 Å². The van der Waals surface area contributed by atoms with Crippen molar-refractivity contribution in [3.8, 4) is 5.75 Å². The monoisotopic (exact) mass is 346 g/mol.